The van der Waals surface area contributed by atoms with E-state index in [2.05, 4.69) is 25.7 Å². The van der Waals surface area contributed by atoms with E-state index in [4.69, 9.17) is 0 Å². The van der Waals surface area contributed by atoms with Crippen LogP contribution < -0.4 is 10.6 Å². The minimum atomic E-state index is 0.0126. The predicted octanol–water partition coefficient (Wildman–Crippen LogP) is 0.564. The van der Waals surface area contributed by atoms with Crippen LogP contribution >= 0.6 is 0 Å². The van der Waals surface area contributed by atoms with Gasteiger partial charge < -0.3 is 10.6 Å². The molecule has 1 amide bonds. The summed E-state index contributed by atoms with van der Waals surface area (Å²) in [5.74, 6) is 0.0126. The average Bonchev–Trinajstić information content (AvgIpc) is 3.15. The molecule has 7 heteroatoms. The van der Waals surface area contributed by atoms with E-state index in [1.807, 2.05) is 6.20 Å². The number of hydrogen-bond acceptors (Lipinski definition) is 5. The maximum Gasteiger partial charge on any atom is 0.241 e. The molecule has 20 heavy (non-hydrogen) atoms. The van der Waals surface area contributed by atoms with Crippen LogP contribution in [0.25, 0.3) is 0 Å². The Kier molecular flexibility index (Phi) is 3.58. The van der Waals surface area contributed by atoms with Crippen LogP contribution in [0.2, 0.25) is 0 Å². The molecule has 2 aromatic heterocycles. The van der Waals surface area contributed by atoms with E-state index in [0.717, 1.165) is 24.1 Å². The second kappa shape index (κ2) is 5.68. The first-order chi connectivity index (χ1) is 9.79. The van der Waals surface area contributed by atoms with Crippen molar-refractivity contribution in [3.8, 4) is 0 Å². The van der Waals surface area contributed by atoms with Crippen molar-refractivity contribution in [1.82, 2.24) is 25.1 Å². The molecule has 2 heterocycles. The van der Waals surface area contributed by atoms with E-state index in [0.29, 0.717) is 12.6 Å². The van der Waals surface area contributed by atoms with Gasteiger partial charge in [0.2, 0.25) is 5.91 Å². The minimum absolute atomic E-state index is 0.0126. The van der Waals surface area contributed by atoms with E-state index in [1.54, 1.807) is 23.3 Å². The summed E-state index contributed by atoms with van der Waals surface area (Å²) in [5, 5.41) is 10.3. The second-order valence-electron chi connectivity index (χ2n) is 4.87. The number of aromatic nitrogens is 4. The standard InChI is InChI=1S/C13H16N6O/c20-13(18-11-1-2-11)8-19-7-12(6-17-19)16-5-10-3-14-9-15-4-10/h3-4,6-7,9,11,16H,1-2,5,8H2,(H,18,20). The fourth-order valence-corrected chi connectivity index (χ4v) is 1.81. The Morgan fingerprint density at radius 1 is 1.30 bits per heavy atom. The summed E-state index contributed by atoms with van der Waals surface area (Å²) in [6.45, 7) is 0.882. The number of nitrogens with one attached hydrogen (secondary N) is 2. The predicted molar refractivity (Wildman–Crippen MR) is 72.8 cm³/mol. The van der Waals surface area contributed by atoms with Crippen LogP contribution in [-0.4, -0.2) is 31.7 Å². The number of anilines is 1. The minimum Gasteiger partial charge on any atom is -0.378 e. The molecule has 0 unspecified atom stereocenters. The van der Waals surface area contributed by atoms with Crippen LogP contribution in [0, 0.1) is 0 Å². The molecule has 0 radical (unpaired) electrons. The zero-order chi connectivity index (χ0) is 13.8. The summed E-state index contributed by atoms with van der Waals surface area (Å²) in [7, 11) is 0. The summed E-state index contributed by atoms with van der Waals surface area (Å²) in [6, 6.07) is 0.383. The van der Waals surface area contributed by atoms with Gasteiger partial charge in [-0.1, -0.05) is 0 Å². The van der Waals surface area contributed by atoms with Crippen molar-refractivity contribution >= 4 is 11.6 Å². The van der Waals surface area contributed by atoms with Gasteiger partial charge in [-0.3, -0.25) is 9.48 Å². The smallest absolute Gasteiger partial charge is 0.241 e. The van der Waals surface area contributed by atoms with Crippen molar-refractivity contribution in [2.75, 3.05) is 5.32 Å². The molecule has 0 atom stereocenters. The van der Waals surface area contributed by atoms with Gasteiger partial charge in [0.05, 0.1) is 11.9 Å². The molecule has 3 rings (SSSR count). The molecule has 1 fully saturated rings. The molecule has 0 saturated heterocycles. The maximum atomic E-state index is 11.6. The summed E-state index contributed by atoms with van der Waals surface area (Å²) in [4.78, 5) is 19.5. The molecule has 0 bridgehead atoms. The number of amides is 1. The molecule has 2 aromatic rings. The number of carbonyl (C=O) groups excluding carboxylic acids is 1. The Morgan fingerprint density at radius 2 is 2.10 bits per heavy atom. The van der Waals surface area contributed by atoms with Crippen LogP contribution in [0.5, 0.6) is 0 Å². The lowest BCUT2D eigenvalue weighted by Crippen LogP contribution is -2.29. The van der Waals surface area contributed by atoms with Crippen molar-refractivity contribution in [2.24, 2.45) is 0 Å². The lowest BCUT2D eigenvalue weighted by Gasteiger charge is -2.03. The highest BCUT2D eigenvalue weighted by Gasteiger charge is 2.23. The highest BCUT2D eigenvalue weighted by Crippen LogP contribution is 2.18. The topological polar surface area (TPSA) is 84.7 Å². The van der Waals surface area contributed by atoms with Gasteiger partial charge in [-0.05, 0) is 12.8 Å². The van der Waals surface area contributed by atoms with Crippen LogP contribution in [0.4, 0.5) is 5.69 Å². The highest BCUT2D eigenvalue weighted by molar-refractivity contribution is 5.76. The number of nitrogens with zero attached hydrogens (tertiary/aromatic N) is 4. The Bertz CT molecular complexity index is 578. The first-order valence-electron chi connectivity index (χ1n) is 6.59. The third-order valence-electron chi connectivity index (χ3n) is 2.99. The third-order valence-corrected chi connectivity index (χ3v) is 2.99. The number of carbonyl (C=O) groups is 1. The fourth-order valence-electron chi connectivity index (χ4n) is 1.81. The van der Waals surface area contributed by atoms with Crippen LogP contribution in [-0.2, 0) is 17.9 Å². The molecule has 0 spiro atoms. The van der Waals surface area contributed by atoms with E-state index in [-0.39, 0.29) is 12.5 Å². The van der Waals surface area contributed by atoms with Gasteiger partial charge in [0, 0.05) is 36.7 Å². The number of rotatable bonds is 6. The summed E-state index contributed by atoms with van der Waals surface area (Å²) in [6.07, 6.45) is 10.7. The molecule has 7 nitrogen and oxygen atoms in total. The Hall–Kier alpha value is -2.44. The van der Waals surface area contributed by atoms with Crippen molar-refractivity contribution in [2.45, 2.75) is 32.0 Å². The first kappa shape index (κ1) is 12.6. The second-order valence-corrected chi connectivity index (χ2v) is 4.87. The van der Waals surface area contributed by atoms with E-state index in [9.17, 15) is 4.79 Å². The molecule has 0 aromatic carbocycles. The van der Waals surface area contributed by atoms with Crippen LogP contribution in [0.15, 0.2) is 31.1 Å². The van der Waals surface area contributed by atoms with Crippen molar-refractivity contribution in [3.63, 3.8) is 0 Å². The quantitative estimate of drug-likeness (QED) is 0.803. The molecule has 1 aliphatic carbocycles. The molecular formula is C13H16N6O. The Morgan fingerprint density at radius 3 is 2.85 bits per heavy atom. The van der Waals surface area contributed by atoms with Crippen molar-refractivity contribution in [1.29, 1.82) is 0 Å². The molecule has 2 N–H and O–H groups in total. The molecule has 104 valence electrons. The van der Waals surface area contributed by atoms with Gasteiger partial charge in [-0.15, -0.1) is 0 Å². The van der Waals surface area contributed by atoms with Crippen molar-refractivity contribution < 1.29 is 4.79 Å². The fraction of sp³-hybridized carbons (Fsp3) is 0.385. The van der Waals surface area contributed by atoms with Crippen molar-refractivity contribution in [3.05, 3.63) is 36.7 Å². The van der Waals surface area contributed by atoms with E-state index < -0.39 is 0 Å². The number of hydrogen-bond donors (Lipinski definition) is 2. The SMILES string of the molecule is O=C(Cn1cc(NCc2cncnc2)cn1)NC1CC1. The largest absolute Gasteiger partial charge is 0.378 e. The van der Waals surface area contributed by atoms with Crippen LogP contribution in [0.1, 0.15) is 18.4 Å². The van der Waals surface area contributed by atoms with Gasteiger partial charge in [0.15, 0.2) is 0 Å². The van der Waals surface area contributed by atoms with Gasteiger partial charge in [0.25, 0.3) is 0 Å². The molecule has 1 aliphatic rings. The van der Waals surface area contributed by atoms with Gasteiger partial charge in [-0.25, -0.2) is 9.97 Å². The van der Waals surface area contributed by atoms with Gasteiger partial charge in [-0.2, -0.15) is 5.10 Å². The highest BCUT2D eigenvalue weighted by atomic mass is 16.2. The molecule has 0 aliphatic heterocycles. The average molecular weight is 272 g/mol. The first-order valence-corrected chi connectivity index (χ1v) is 6.59. The molecule has 1 saturated carbocycles. The zero-order valence-corrected chi connectivity index (χ0v) is 11.0. The zero-order valence-electron chi connectivity index (χ0n) is 11.0. The summed E-state index contributed by atoms with van der Waals surface area (Å²) in [5.41, 5.74) is 1.86. The van der Waals surface area contributed by atoms with E-state index in [1.165, 1.54) is 6.33 Å². The summed E-state index contributed by atoms with van der Waals surface area (Å²) >= 11 is 0. The molecular weight excluding hydrogens is 256 g/mol. The Labute approximate surface area is 116 Å². The maximum absolute atomic E-state index is 11.6. The van der Waals surface area contributed by atoms with E-state index >= 15 is 0 Å². The Balaban J connectivity index is 1.49. The van der Waals surface area contributed by atoms with Gasteiger partial charge >= 0.3 is 0 Å². The third kappa shape index (κ3) is 3.53. The van der Waals surface area contributed by atoms with Crippen LogP contribution in [0.3, 0.4) is 0 Å². The normalized spacial score (nSPS) is 14.0. The monoisotopic (exact) mass is 272 g/mol. The lowest BCUT2D eigenvalue weighted by molar-refractivity contribution is -0.122. The summed E-state index contributed by atoms with van der Waals surface area (Å²) < 4.78 is 1.63. The van der Waals surface area contributed by atoms with Gasteiger partial charge in [0.1, 0.15) is 12.9 Å². The lowest BCUT2D eigenvalue weighted by atomic mass is 10.3.